The minimum atomic E-state index is -3.94. The second-order valence-electron chi connectivity index (χ2n) is 6.34. The molecule has 0 atom stereocenters. The molecule has 0 saturated heterocycles. The van der Waals surface area contributed by atoms with E-state index >= 15 is 0 Å². The third-order valence-electron chi connectivity index (χ3n) is 4.43. The van der Waals surface area contributed by atoms with E-state index < -0.39 is 10.0 Å². The second kappa shape index (κ2) is 8.41. The summed E-state index contributed by atoms with van der Waals surface area (Å²) in [7, 11) is -0.747. The highest BCUT2D eigenvalue weighted by molar-refractivity contribution is 7.89. The van der Waals surface area contributed by atoms with Gasteiger partial charge in [-0.05, 0) is 53.4 Å². The molecule has 146 valence electrons. The molecule has 1 aromatic heterocycles. The SMILES string of the molecule is COc1ccc(Cc2ccnc(Cc3ccc(OC)cc3)c2S(N)(=O)=O)cc1. The van der Waals surface area contributed by atoms with E-state index in [-0.39, 0.29) is 4.90 Å². The van der Waals surface area contributed by atoms with E-state index in [2.05, 4.69) is 4.98 Å². The summed E-state index contributed by atoms with van der Waals surface area (Å²) < 4.78 is 35.0. The minimum absolute atomic E-state index is 0.0848. The molecule has 0 spiro atoms. The lowest BCUT2D eigenvalue weighted by Gasteiger charge is -2.13. The van der Waals surface area contributed by atoms with Gasteiger partial charge in [-0.1, -0.05) is 24.3 Å². The molecule has 0 fully saturated rings. The summed E-state index contributed by atoms with van der Waals surface area (Å²) in [6, 6.07) is 16.6. The van der Waals surface area contributed by atoms with Crippen LogP contribution in [0.2, 0.25) is 0 Å². The van der Waals surface area contributed by atoms with Gasteiger partial charge in [0, 0.05) is 12.6 Å². The maximum absolute atomic E-state index is 12.4. The maximum Gasteiger partial charge on any atom is 0.240 e. The number of methoxy groups -OCH3 is 2. The van der Waals surface area contributed by atoms with Crippen LogP contribution in [0.15, 0.2) is 65.7 Å². The molecule has 7 heteroatoms. The van der Waals surface area contributed by atoms with Gasteiger partial charge < -0.3 is 9.47 Å². The molecule has 2 N–H and O–H groups in total. The van der Waals surface area contributed by atoms with Crippen LogP contribution < -0.4 is 14.6 Å². The summed E-state index contributed by atoms with van der Waals surface area (Å²) in [5.41, 5.74) is 2.91. The van der Waals surface area contributed by atoms with Gasteiger partial charge in [-0.25, -0.2) is 13.6 Å². The third kappa shape index (κ3) is 4.68. The first-order chi connectivity index (χ1) is 13.4. The average molecular weight is 398 g/mol. The Labute approximate surface area is 165 Å². The molecule has 0 aliphatic heterocycles. The zero-order valence-corrected chi connectivity index (χ0v) is 16.6. The highest BCUT2D eigenvalue weighted by Gasteiger charge is 2.20. The summed E-state index contributed by atoms with van der Waals surface area (Å²) >= 11 is 0. The van der Waals surface area contributed by atoms with E-state index in [4.69, 9.17) is 14.6 Å². The molecule has 3 rings (SSSR count). The lowest BCUT2D eigenvalue weighted by molar-refractivity contribution is 0.414. The Morgan fingerprint density at radius 3 is 1.79 bits per heavy atom. The maximum atomic E-state index is 12.4. The first kappa shape index (κ1) is 19.9. The third-order valence-corrected chi connectivity index (χ3v) is 5.50. The van der Waals surface area contributed by atoms with Crippen molar-refractivity contribution in [2.75, 3.05) is 14.2 Å². The molecular weight excluding hydrogens is 376 g/mol. The van der Waals surface area contributed by atoms with Crippen molar-refractivity contribution in [3.05, 3.63) is 83.2 Å². The molecule has 0 amide bonds. The smallest absolute Gasteiger partial charge is 0.240 e. The molecule has 3 aromatic rings. The number of aromatic nitrogens is 1. The van der Waals surface area contributed by atoms with Crippen LogP contribution in [0.3, 0.4) is 0 Å². The van der Waals surface area contributed by atoms with Crippen LogP contribution in [-0.4, -0.2) is 27.6 Å². The molecule has 6 nitrogen and oxygen atoms in total. The van der Waals surface area contributed by atoms with Gasteiger partial charge in [0.1, 0.15) is 16.4 Å². The van der Waals surface area contributed by atoms with Gasteiger partial charge in [0.2, 0.25) is 10.0 Å². The van der Waals surface area contributed by atoms with Crippen LogP contribution in [0.4, 0.5) is 0 Å². The van der Waals surface area contributed by atoms with E-state index in [0.717, 1.165) is 22.6 Å². The van der Waals surface area contributed by atoms with E-state index in [9.17, 15) is 8.42 Å². The molecule has 0 unspecified atom stereocenters. The van der Waals surface area contributed by atoms with E-state index in [1.165, 1.54) is 0 Å². The summed E-state index contributed by atoms with van der Waals surface area (Å²) in [5.74, 6) is 1.47. The highest BCUT2D eigenvalue weighted by Crippen LogP contribution is 2.24. The Morgan fingerprint density at radius 2 is 1.32 bits per heavy atom. The van der Waals surface area contributed by atoms with Crippen molar-refractivity contribution in [1.29, 1.82) is 0 Å². The van der Waals surface area contributed by atoms with Gasteiger partial charge in [0.05, 0.1) is 19.9 Å². The van der Waals surface area contributed by atoms with Crippen LogP contribution in [-0.2, 0) is 22.9 Å². The standard InChI is InChI=1S/C21H22N2O4S/c1-26-18-7-3-15(4-8-18)13-17-11-12-23-20(21(17)28(22,24)25)14-16-5-9-19(27-2)10-6-16/h3-12H,13-14H2,1-2H3,(H2,22,24,25). The van der Waals surface area contributed by atoms with Gasteiger partial charge in [-0.3, -0.25) is 4.98 Å². The van der Waals surface area contributed by atoms with Gasteiger partial charge >= 0.3 is 0 Å². The van der Waals surface area contributed by atoms with Gasteiger partial charge in [-0.2, -0.15) is 0 Å². The number of sulfonamides is 1. The Hall–Kier alpha value is -2.90. The number of pyridine rings is 1. The first-order valence-electron chi connectivity index (χ1n) is 8.66. The molecule has 0 saturated carbocycles. The average Bonchev–Trinajstić information content (AvgIpc) is 2.68. The fourth-order valence-corrected chi connectivity index (χ4v) is 4.01. The fourth-order valence-electron chi connectivity index (χ4n) is 3.05. The number of nitrogens with zero attached hydrogens (tertiary/aromatic N) is 1. The summed E-state index contributed by atoms with van der Waals surface area (Å²) in [4.78, 5) is 4.39. The molecular formula is C21H22N2O4S. The van der Waals surface area contributed by atoms with Crippen molar-refractivity contribution < 1.29 is 17.9 Å². The Balaban J connectivity index is 1.97. The Bertz CT molecular complexity index is 979. The fraction of sp³-hybridized carbons (Fsp3) is 0.190. The largest absolute Gasteiger partial charge is 0.497 e. The van der Waals surface area contributed by atoms with Gasteiger partial charge in [0.25, 0.3) is 0 Å². The van der Waals surface area contributed by atoms with Crippen molar-refractivity contribution in [1.82, 2.24) is 4.98 Å². The summed E-state index contributed by atoms with van der Waals surface area (Å²) in [6.45, 7) is 0. The van der Waals surface area contributed by atoms with E-state index in [0.29, 0.717) is 24.1 Å². The van der Waals surface area contributed by atoms with Crippen LogP contribution in [0, 0.1) is 0 Å². The van der Waals surface area contributed by atoms with Crippen molar-refractivity contribution in [2.24, 2.45) is 5.14 Å². The molecule has 1 heterocycles. The lowest BCUT2D eigenvalue weighted by Crippen LogP contribution is -2.18. The zero-order chi connectivity index (χ0) is 20.1. The van der Waals surface area contributed by atoms with Crippen molar-refractivity contribution >= 4 is 10.0 Å². The molecule has 0 aliphatic rings. The monoisotopic (exact) mass is 398 g/mol. The number of nitrogens with two attached hydrogens (primary N) is 1. The van der Waals surface area contributed by atoms with Crippen LogP contribution in [0.25, 0.3) is 0 Å². The summed E-state index contributed by atoms with van der Waals surface area (Å²) in [6.07, 6.45) is 2.40. The highest BCUT2D eigenvalue weighted by atomic mass is 32.2. The number of hydrogen-bond donors (Lipinski definition) is 1. The zero-order valence-electron chi connectivity index (χ0n) is 15.8. The molecule has 0 aliphatic carbocycles. The normalized spacial score (nSPS) is 11.2. The summed E-state index contributed by atoms with van der Waals surface area (Å²) in [5, 5.41) is 5.55. The van der Waals surface area contributed by atoms with Gasteiger partial charge in [0.15, 0.2) is 0 Å². The Morgan fingerprint density at radius 1 is 0.821 bits per heavy atom. The predicted octanol–water partition coefficient (Wildman–Crippen LogP) is 2.93. The molecule has 0 radical (unpaired) electrons. The van der Waals surface area contributed by atoms with E-state index in [1.807, 2.05) is 48.5 Å². The van der Waals surface area contributed by atoms with Crippen molar-refractivity contribution in [2.45, 2.75) is 17.7 Å². The van der Waals surface area contributed by atoms with Crippen LogP contribution in [0.1, 0.15) is 22.4 Å². The molecule has 0 bridgehead atoms. The van der Waals surface area contributed by atoms with Crippen LogP contribution in [0.5, 0.6) is 11.5 Å². The predicted molar refractivity (Wildman–Crippen MR) is 107 cm³/mol. The van der Waals surface area contributed by atoms with E-state index in [1.54, 1.807) is 26.5 Å². The minimum Gasteiger partial charge on any atom is -0.497 e. The number of hydrogen-bond acceptors (Lipinski definition) is 5. The second-order valence-corrected chi connectivity index (χ2v) is 7.84. The number of ether oxygens (including phenoxy) is 2. The Kier molecular flexibility index (Phi) is 5.96. The van der Waals surface area contributed by atoms with Crippen LogP contribution >= 0.6 is 0 Å². The van der Waals surface area contributed by atoms with Crippen molar-refractivity contribution in [3.8, 4) is 11.5 Å². The number of benzene rings is 2. The van der Waals surface area contributed by atoms with Gasteiger partial charge in [-0.15, -0.1) is 0 Å². The number of primary sulfonamides is 1. The van der Waals surface area contributed by atoms with Crippen molar-refractivity contribution in [3.63, 3.8) is 0 Å². The lowest BCUT2D eigenvalue weighted by atomic mass is 10.0. The first-order valence-corrected chi connectivity index (χ1v) is 10.2. The molecule has 28 heavy (non-hydrogen) atoms. The molecule has 2 aromatic carbocycles. The topological polar surface area (TPSA) is 91.5 Å². The quantitative estimate of drug-likeness (QED) is 0.661. The number of rotatable bonds is 7.